The minimum Gasteiger partial charge on any atom is -0.485 e. The van der Waals surface area contributed by atoms with Crippen LogP contribution in [0, 0.1) is 6.92 Å². The third-order valence-electron chi connectivity index (χ3n) is 2.85. The van der Waals surface area contributed by atoms with E-state index in [1.807, 2.05) is 13.8 Å². The van der Waals surface area contributed by atoms with Crippen molar-refractivity contribution in [1.82, 2.24) is 14.8 Å². The minimum absolute atomic E-state index is 0.329. The highest BCUT2D eigenvalue weighted by molar-refractivity contribution is 6.58. The molecule has 1 heterocycles. The van der Waals surface area contributed by atoms with Gasteiger partial charge in [-0.1, -0.05) is 12.1 Å². The molecule has 19 heavy (non-hydrogen) atoms. The van der Waals surface area contributed by atoms with Gasteiger partial charge in [-0.3, -0.25) is 0 Å². The standard InChI is InChI=1S/C12H16BN3O3/c1-3-16-12(14-8-15-16)7-19-11-5-4-10(13(17)18)6-9(11)2/h4-6,8,17-18H,3,7H2,1-2H3. The van der Waals surface area contributed by atoms with E-state index in [1.165, 1.54) is 6.33 Å². The van der Waals surface area contributed by atoms with Gasteiger partial charge in [-0.2, -0.15) is 5.10 Å². The summed E-state index contributed by atoms with van der Waals surface area (Å²) in [6.07, 6.45) is 1.50. The van der Waals surface area contributed by atoms with Crippen molar-refractivity contribution in [2.24, 2.45) is 0 Å². The minimum atomic E-state index is -1.46. The summed E-state index contributed by atoms with van der Waals surface area (Å²) in [5.74, 6) is 1.45. The Kier molecular flexibility index (Phi) is 4.18. The monoisotopic (exact) mass is 261 g/mol. The van der Waals surface area contributed by atoms with Crippen LogP contribution in [0.2, 0.25) is 0 Å². The summed E-state index contributed by atoms with van der Waals surface area (Å²) in [6, 6.07) is 5.03. The summed E-state index contributed by atoms with van der Waals surface area (Å²) in [7, 11) is -1.46. The molecule has 7 heteroatoms. The molecular formula is C12H16BN3O3. The second kappa shape index (κ2) is 5.86. The van der Waals surface area contributed by atoms with Gasteiger partial charge in [-0.05, 0) is 30.9 Å². The molecule has 0 aliphatic heterocycles. The Hall–Kier alpha value is -1.86. The van der Waals surface area contributed by atoms with Gasteiger partial charge in [0.15, 0.2) is 5.82 Å². The van der Waals surface area contributed by atoms with Gasteiger partial charge in [0, 0.05) is 6.54 Å². The van der Waals surface area contributed by atoms with Crippen LogP contribution in [0.15, 0.2) is 24.5 Å². The molecule has 0 amide bonds. The molecule has 0 bridgehead atoms. The Bertz CT molecular complexity index is 557. The molecule has 0 aliphatic rings. The molecule has 2 aromatic rings. The van der Waals surface area contributed by atoms with Gasteiger partial charge in [-0.15, -0.1) is 0 Å². The van der Waals surface area contributed by atoms with Gasteiger partial charge in [0.05, 0.1) is 0 Å². The fourth-order valence-corrected chi connectivity index (χ4v) is 1.80. The first-order chi connectivity index (χ1) is 9.11. The molecule has 6 nitrogen and oxygen atoms in total. The van der Waals surface area contributed by atoms with Gasteiger partial charge in [0.1, 0.15) is 18.7 Å². The maximum atomic E-state index is 9.08. The van der Waals surface area contributed by atoms with Gasteiger partial charge < -0.3 is 14.8 Å². The summed E-state index contributed by atoms with van der Waals surface area (Å²) in [6.45, 7) is 4.91. The van der Waals surface area contributed by atoms with Crippen molar-refractivity contribution in [3.05, 3.63) is 35.9 Å². The second-order valence-corrected chi connectivity index (χ2v) is 4.18. The van der Waals surface area contributed by atoms with Crippen LogP contribution in [-0.4, -0.2) is 31.9 Å². The van der Waals surface area contributed by atoms with Crippen LogP contribution in [0.1, 0.15) is 18.3 Å². The molecule has 0 unspecified atom stereocenters. The normalized spacial score (nSPS) is 10.5. The molecule has 0 radical (unpaired) electrons. The van der Waals surface area contributed by atoms with Crippen LogP contribution in [0.5, 0.6) is 5.75 Å². The van der Waals surface area contributed by atoms with Crippen LogP contribution in [0.4, 0.5) is 0 Å². The van der Waals surface area contributed by atoms with Crippen LogP contribution < -0.4 is 10.2 Å². The third kappa shape index (κ3) is 3.13. The molecule has 0 fully saturated rings. The molecular weight excluding hydrogens is 245 g/mol. The summed E-state index contributed by atoms with van der Waals surface area (Å²) in [5, 5.41) is 22.2. The van der Waals surface area contributed by atoms with Crippen LogP contribution in [0.3, 0.4) is 0 Å². The van der Waals surface area contributed by atoms with Crippen molar-refractivity contribution in [3.63, 3.8) is 0 Å². The van der Waals surface area contributed by atoms with E-state index in [4.69, 9.17) is 14.8 Å². The lowest BCUT2D eigenvalue weighted by Crippen LogP contribution is -2.29. The van der Waals surface area contributed by atoms with Crippen molar-refractivity contribution in [1.29, 1.82) is 0 Å². The Morgan fingerprint density at radius 2 is 2.16 bits per heavy atom. The lowest BCUT2D eigenvalue weighted by atomic mass is 9.79. The Morgan fingerprint density at radius 1 is 1.37 bits per heavy atom. The molecule has 100 valence electrons. The van der Waals surface area contributed by atoms with E-state index < -0.39 is 7.12 Å². The van der Waals surface area contributed by atoms with Crippen molar-refractivity contribution < 1.29 is 14.8 Å². The molecule has 2 N–H and O–H groups in total. The van der Waals surface area contributed by atoms with Crippen molar-refractivity contribution in [2.45, 2.75) is 27.0 Å². The Labute approximate surface area is 111 Å². The number of aromatic nitrogens is 3. The lowest BCUT2D eigenvalue weighted by molar-refractivity contribution is 0.285. The smallest absolute Gasteiger partial charge is 0.485 e. The summed E-state index contributed by atoms with van der Waals surface area (Å²) in [4.78, 5) is 4.12. The average Bonchev–Trinajstić information content (AvgIpc) is 2.84. The largest absolute Gasteiger partial charge is 0.488 e. The van der Waals surface area contributed by atoms with Gasteiger partial charge in [0.2, 0.25) is 0 Å². The van der Waals surface area contributed by atoms with Crippen molar-refractivity contribution in [2.75, 3.05) is 0 Å². The molecule has 1 aromatic carbocycles. The highest BCUT2D eigenvalue weighted by Gasteiger charge is 2.12. The summed E-state index contributed by atoms with van der Waals surface area (Å²) < 4.78 is 7.44. The quantitative estimate of drug-likeness (QED) is 0.732. The average molecular weight is 261 g/mol. The number of benzene rings is 1. The fourth-order valence-electron chi connectivity index (χ4n) is 1.80. The number of ether oxygens (including phenoxy) is 1. The Balaban J connectivity index is 2.08. The van der Waals surface area contributed by atoms with Crippen LogP contribution >= 0.6 is 0 Å². The number of rotatable bonds is 5. The van der Waals surface area contributed by atoms with E-state index in [1.54, 1.807) is 22.9 Å². The van der Waals surface area contributed by atoms with E-state index in [0.29, 0.717) is 17.8 Å². The maximum absolute atomic E-state index is 9.08. The lowest BCUT2D eigenvalue weighted by Gasteiger charge is -2.10. The second-order valence-electron chi connectivity index (χ2n) is 4.18. The zero-order valence-corrected chi connectivity index (χ0v) is 10.9. The first-order valence-corrected chi connectivity index (χ1v) is 6.08. The van der Waals surface area contributed by atoms with E-state index in [2.05, 4.69) is 10.1 Å². The molecule has 2 rings (SSSR count). The van der Waals surface area contributed by atoms with Gasteiger partial charge in [0.25, 0.3) is 0 Å². The molecule has 0 saturated carbocycles. The Morgan fingerprint density at radius 3 is 2.79 bits per heavy atom. The van der Waals surface area contributed by atoms with E-state index in [9.17, 15) is 0 Å². The van der Waals surface area contributed by atoms with E-state index in [-0.39, 0.29) is 0 Å². The predicted octanol–water partition coefficient (Wildman–Crippen LogP) is -0.135. The zero-order valence-electron chi connectivity index (χ0n) is 10.9. The van der Waals surface area contributed by atoms with Crippen molar-refractivity contribution >= 4 is 12.6 Å². The van der Waals surface area contributed by atoms with E-state index in [0.717, 1.165) is 17.9 Å². The van der Waals surface area contributed by atoms with Crippen molar-refractivity contribution in [3.8, 4) is 5.75 Å². The molecule has 0 aliphatic carbocycles. The maximum Gasteiger partial charge on any atom is 0.488 e. The molecule has 0 spiro atoms. The van der Waals surface area contributed by atoms with Gasteiger partial charge in [-0.25, -0.2) is 9.67 Å². The molecule has 0 saturated heterocycles. The molecule has 1 aromatic heterocycles. The first kappa shape index (κ1) is 13.6. The summed E-state index contributed by atoms with van der Waals surface area (Å²) >= 11 is 0. The van der Waals surface area contributed by atoms with Crippen LogP contribution in [0.25, 0.3) is 0 Å². The number of hydrogen-bond donors (Lipinski definition) is 2. The predicted molar refractivity (Wildman–Crippen MR) is 71.0 cm³/mol. The topological polar surface area (TPSA) is 80.4 Å². The highest BCUT2D eigenvalue weighted by Crippen LogP contribution is 2.16. The van der Waals surface area contributed by atoms with Gasteiger partial charge >= 0.3 is 7.12 Å². The number of hydrogen-bond acceptors (Lipinski definition) is 5. The fraction of sp³-hybridized carbons (Fsp3) is 0.333. The zero-order chi connectivity index (χ0) is 13.8. The number of aryl methyl sites for hydroxylation is 2. The molecule has 0 atom stereocenters. The SMILES string of the molecule is CCn1ncnc1COc1ccc(B(O)O)cc1C. The number of nitrogens with zero attached hydrogens (tertiary/aromatic N) is 3. The van der Waals surface area contributed by atoms with E-state index >= 15 is 0 Å². The highest BCUT2D eigenvalue weighted by atomic mass is 16.5. The first-order valence-electron chi connectivity index (χ1n) is 6.08. The summed E-state index contributed by atoms with van der Waals surface area (Å²) in [5.41, 5.74) is 1.29. The van der Waals surface area contributed by atoms with Crippen LogP contribution in [-0.2, 0) is 13.2 Å². The third-order valence-corrected chi connectivity index (χ3v) is 2.85.